The standard InChI is InChI=1S/C29H48O/c1-7-21(19(2)3)9-8-20(4)25-12-13-26-24-11-10-22-18-23(30)14-16-28(22,5)27(24)15-17-29(25,26)6/h8-9,11,19-23,25-27,30H,7,10,12-18H2,1-6H3/b9-8-/t20-,21-,22-,23+,25+,26-,27+,28+,29-/m1/s1. The molecule has 4 aliphatic rings. The average Bonchev–Trinajstić information content (AvgIpc) is 3.06. The summed E-state index contributed by atoms with van der Waals surface area (Å²) < 4.78 is 0. The van der Waals surface area contributed by atoms with Crippen molar-refractivity contribution in [2.45, 2.75) is 105 Å². The fourth-order valence-electron chi connectivity index (χ4n) is 8.68. The minimum Gasteiger partial charge on any atom is -0.393 e. The van der Waals surface area contributed by atoms with Crippen molar-refractivity contribution in [1.82, 2.24) is 0 Å². The summed E-state index contributed by atoms with van der Waals surface area (Å²) in [6.07, 6.45) is 19.2. The Morgan fingerprint density at radius 2 is 1.70 bits per heavy atom. The van der Waals surface area contributed by atoms with Gasteiger partial charge in [-0.1, -0.05) is 65.3 Å². The maximum absolute atomic E-state index is 10.3. The first-order valence-electron chi connectivity index (χ1n) is 13.3. The second kappa shape index (κ2) is 8.42. The third kappa shape index (κ3) is 3.66. The van der Waals surface area contributed by atoms with Crippen molar-refractivity contribution < 1.29 is 5.11 Å². The largest absolute Gasteiger partial charge is 0.393 e. The van der Waals surface area contributed by atoms with Gasteiger partial charge < -0.3 is 5.11 Å². The van der Waals surface area contributed by atoms with Crippen molar-refractivity contribution >= 4 is 0 Å². The van der Waals surface area contributed by atoms with Gasteiger partial charge in [0, 0.05) is 0 Å². The van der Waals surface area contributed by atoms with E-state index in [4.69, 9.17) is 0 Å². The molecule has 0 aromatic carbocycles. The van der Waals surface area contributed by atoms with Crippen LogP contribution in [-0.2, 0) is 0 Å². The van der Waals surface area contributed by atoms with E-state index in [-0.39, 0.29) is 6.10 Å². The second-order valence-electron chi connectivity index (χ2n) is 12.5. The third-order valence-corrected chi connectivity index (χ3v) is 10.7. The van der Waals surface area contributed by atoms with Crippen molar-refractivity contribution in [2.75, 3.05) is 0 Å². The van der Waals surface area contributed by atoms with Crippen LogP contribution in [0.3, 0.4) is 0 Å². The molecule has 0 aromatic heterocycles. The lowest BCUT2D eigenvalue weighted by molar-refractivity contribution is -0.0414. The van der Waals surface area contributed by atoms with Crippen molar-refractivity contribution in [1.29, 1.82) is 0 Å². The Hall–Kier alpha value is -0.560. The summed E-state index contributed by atoms with van der Waals surface area (Å²) in [6, 6.07) is 0. The summed E-state index contributed by atoms with van der Waals surface area (Å²) in [5, 5.41) is 10.3. The van der Waals surface area contributed by atoms with Gasteiger partial charge in [-0.05, 0) is 110 Å². The van der Waals surface area contributed by atoms with Gasteiger partial charge in [0.1, 0.15) is 0 Å². The van der Waals surface area contributed by atoms with Crippen molar-refractivity contribution in [3.05, 3.63) is 23.8 Å². The molecule has 170 valence electrons. The lowest BCUT2D eigenvalue weighted by Crippen LogP contribution is -2.49. The fourth-order valence-corrected chi connectivity index (χ4v) is 8.68. The van der Waals surface area contributed by atoms with E-state index in [0.29, 0.717) is 22.7 Å². The molecule has 9 atom stereocenters. The Bertz CT molecular complexity index is 674. The molecule has 4 rings (SSSR count). The number of rotatable bonds is 5. The third-order valence-electron chi connectivity index (χ3n) is 10.7. The van der Waals surface area contributed by atoms with Gasteiger partial charge in [0.25, 0.3) is 0 Å². The highest BCUT2D eigenvalue weighted by molar-refractivity contribution is 5.28. The molecule has 0 radical (unpaired) electrons. The van der Waals surface area contributed by atoms with Crippen LogP contribution >= 0.6 is 0 Å². The highest BCUT2D eigenvalue weighted by atomic mass is 16.3. The first kappa shape index (κ1) is 22.6. The normalized spacial score (nSPS) is 45.6. The predicted octanol–water partition coefficient (Wildman–Crippen LogP) is 7.80. The Labute approximate surface area is 186 Å². The first-order valence-corrected chi connectivity index (χ1v) is 13.3. The Morgan fingerprint density at radius 3 is 2.40 bits per heavy atom. The monoisotopic (exact) mass is 412 g/mol. The van der Waals surface area contributed by atoms with Crippen LogP contribution in [0, 0.1) is 52.3 Å². The molecular weight excluding hydrogens is 364 g/mol. The van der Waals surface area contributed by atoms with E-state index in [9.17, 15) is 5.11 Å². The predicted molar refractivity (Wildman–Crippen MR) is 128 cm³/mol. The molecule has 0 heterocycles. The van der Waals surface area contributed by atoms with Crippen LogP contribution in [0.25, 0.3) is 0 Å². The summed E-state index contributed by atoms with van der Waals surface area (Å²) >= 11 is 0. The van der Waals surface area contributed by atoms with Crippen molar-refractivity contribution in [2.24, 2.45) is 52.3 Å². The molecule has 0 bridgehead atoms. The molecule has 30 heavy (non-hydrogen) atoms. The van der Waals surface area contributed by atoms with Crippen LogP contribution in [0.1, 0.15) is 99.3 Å². The zero-order valence-electron chi connectivity index (χ0n) is 20.7. The molecule has 3 fully saturated rings. The maximum Gasteiger partial charge on any atom is 0.0543 e. The summed E-state index contributed by atoms with van der Waals surface area (Å²) in [6.45, 7) is 14.8. The fraction of sp³-hybridized carbons (Fsp3) is 0.862. The lowest BCUT2D eigenvalue weighted by atomic mass is 9.47. The zero-order chi connectivity index (χ0) is 21.7. The number of allylic oxidation sites excluding steroid dienone is 4. The highest BCUT2D eigenvalue weighted by Gasteiger charge is 2.57. The van der Waals surface area contributed by atoms with Gasteiger partial charge in [-0.25, -0.2) is 0 Å². The number of hydrogen-bond donors (Lipinski definition) is 1. The van der Waals surface area contributed by atoms with Crippen LogP contribution in [0.4, 0.5) is 0 Å². The Kier molecular flexibility index (Phi) is 6.35. The van der Waals surface area contributed by atoms with Crippen LogP contribution in [0.2, 0.25) is 0 Å². The second-order valence-corrected chi connectivity index (χ2v) is 12.5. The van der Waals surface area contributed by atoms with Crippen LogP contribution in [-0.4, -0.2) is 11.2 Å². The van der Waals surface area contributed by atoms with E-state index in [1.54, 1.807) is 0 Å². The average molecular weight is 413 g/mol. The molecule has 1 heteroatoms. The van der Waals surface area contributed by atoms with Gasteiger partial charge in [-0.2, -0.15) is 0 Å². The molecule has 0 amide bonds. The lowest BCUT2D eigenvalue weighted by Gasteiger charge is -2.57. The summed E-state index contributed by atoms with van der Waals surface area (Å²) in [7, 11) is 0. The van der Waals surface area contributed by atoms with Crippen LogP contribution in [0.15, 0.2) is 23.8 Å². The van der Waals surface area contributed by atoms with E-state index in [1.165, 1.54) is 44.9 Å². The maximum atomic E-state index is 10.3. The van der Waals surface area contributed by atoms with Gasteiger partial charge in [0.05, 0.1) is 6.10 Å². The van der Waals surface area contributed by atoms with E-state index < -0.39 is 0 Å². The molecule has 1 N–H and O–H groups in total. The van der Waals surface area contributed by atoms with E-state index in [1.807, 2.05) is 5.57 Å². The topological polar surface area (TPSA) is 20.2 Å². The van der Waals surface area contributed by atoms with Gasteiger partial charge in [-0.3, -0.25) is 0 Å². The van der Waals surface area contributed by atoms with Crippen molar-refractivity contribution in [3.63, 3.8) is 0 Å². The smallest absolute Gasteiger partial charge is 0.0543 e. The molecule has 0 saturated heterocycles. The van der Waals surface area contributed by atoms with Gasteiger partial charge >= 0.3 is 0 Å². The van der Waals surface area contributed by atoms with Gasteiger partial charge in [0.15, 0.2) is 0 Å². The molecule has 0 aromatic rings. The highest BCUT2D eigenvalue weighted by Crippen LogP contribution is 2.66. The van der Waals surface area contributed by atoms with Crippen LogP contribution in [0.5, 0.6) is 0 Å². The molecule has 0 unspecified atom stereocenters. The zero-order valence-corrected chi connectivity index (χ0v) is 20.7. The molecule has 0 spiro atoms. The molecule has 1 nitrogen and oxygen atoms in total. The number of hydrogen-bond acceptors (Lipinski definition) is 1. The molecule has 0 aliphatic heterocycles. The Morgan fingerprint density at radius 1 is 1.00 bits per heavy atom. The molecule has 4 aliphatic carbocycles. The summed E-state index contributed by atoms with van der Waals surface area (Å²) in [5.74, 6) is 5.32. The van der Waals surface area contributed by atoms with Gasteiger partial charge in [-0.15, -0.1) is 0 Å². The van der Waals surface area contributed by atoms with Crippen LogP contribution < -0.4 is 0 Å². The minimum absolute atomic E-state index is 0.0480. The molecule has 3 saturated carbocycles. The number of aliphatic hydroxyl groups is 1. The Balaban J connectivity index is 1.53. The van der Waals surface area contributed by atoms with Gasteiger partial charge in [0.2, 0.25) is 0 Å². The summed E-state index contributed by atoms with van der Waals surface area (Å²) in [4.78, 5) is 0. The quantitative estimate of drug-likeness (QED) is 0.457. The number of fused-ring (bicyclic) bond motifs is 5. The molecular formula is C29H48O. The van der Waals surface area contributed by atoms with E-state index in [2.05, 4.69) is 59.8 Å². The number of aliphatic hydroxyl groups excluding tert-OH is 1. The van der Waals surface area contributed by atoms with Crippen molar-refractivity contribution in [3.8, 4) is 0 Å². The van der Waals surface area contributed by atoms with E-state index in [0.717, 1.165) is 42.4 Å². The first-order chi connectivity index (χ1) is 14.2. The SMILES string of the molecule is CC[C@H](/C=C\[C@@H](C)[C@@H]1CC[C@@H]2C3=CC[C@@H]4C[C@@H](O)CC[C@]4(C)[C@H]3CC[C@@]21C)C(C)C. The minimum atomic E-state index is -0.0480. The summed E-state index contributed by atoms with van der Waals surface area (Å²) in [5.41, 5.74) is 2.79. The van der Waals surface area contributed by atoms with E-state index >= 15 is 0 Å².